The Kier molecular flexibility index (Phi) is 3.51. The average Bonchev–Trinajstić information content (AvgIpc) is 2.68. The summed E-state index contributed by atoms with van der Waals surface area (Å²) in [6, 6.07) is 0. The number of aliphatic hydroxyl groups is 1. The molecule has 0 aromatic heterocycles. The molecule has 6 bridgehead atoms. The van der Waals surface area contributed by atoms with Crippen LogP contribution >= 0.6 is 0 Å². The second-order valence-corrected chi connectivity index (χ2v) is 11.2. The van der Waals surface area contributed by atoms with E-state index in [0.29, 0.717) is 22.7 Å². The summed E-state index contributed by atoms with van der Waals surface area (Å²) in [6.45, 7) is 11.5. The van der Waals surface area contributed by atoms with Gasteiger partial charge in [0.15, 0.2) is 0 Å². The number of nitrogens with zero attached hydrogens (tertiary/aromatic N) is 1. The monoisotopic (exact) mass is 331 g/mol. The number of hydrogen-bond acceptors (Lipinski definition) is 2. The van der Waals surface area contributed by atoms with Gasteiger partial charge in [-0.25, -0.2) is 0 Å². The molecule has 0 radical (unpaired) electrons. The highest BCUT2D eigenvalue weighted by Gasteiger charge is 2.56. The second-order valence-electron chi connectivity index (χ2n) is 11.2. The fraction of sp³-hybridized carbons (Fsp3) is 1.00. The first-order valence-electron chi connectivity index (χ1n) is 10.8. The van der Waals surface area contributed by atoms with Crippen molar-refractivity contribution in [2.24, 2.45) is 46.3 Å². The Labute approximate surface area is 148 Å². The van der Waals surface area contributed by atoms with Gasteiger partial charge in [0.25, 0.3) is 0 Å². The van der Waals surface area contributed by atoms with Gasteiger partial charge in [0.05, 0.1) is 6.10 Å². The Hall–Kier alpha value is -0.0800. The van der Waals surface area contributed by atoms with Gasteiger partial charge < -0.3 is 10.0 Å². The van der Waals surface area contributed by atoms with Gasteiger partial charge in [-0.1, -0.05) is 20.8 Å². The maximum atomic E-state index is 10.7. The first-order chi connectivity index (χ1) is 11.4. The van der Waals surface area contributed by atoms with Crippen LogP contribution < -0.4 is 0 Å². The molecule has 0 aromatic rings. The Bertz CT molecular complexity index is 516. The molecule has 1 heterocycles. The molecule has 5 aliphatic carbocycles. The minimum atomic E-state index is 0.0387. The number of hydrogen-bond donors (Lipinski definition) is 1. The van der Waals surface area contributed by atoms with Gasteiger partial charge in [-0.15, -0.1) is 0 Å². The number of rotatable bonds is 3. The molecule has 2 nitrogen and oxygen atoms in total. The number of fused-ring (bicyclic) bond motifs is 2. The van der Waals surface area contributed by atoms with Crippen molar-refractivity contribution >= 4 is 0 Å². The topological polar surface area (TPSA) is 23.5 Å². The molecular formula is C22H37NO. The Morgan fingerprint density at radius 2 is 1.83 bits per heavy atom. The van der Waals surface area contributed by atoms with E-state index in [1.807, 2.05) is 0 Å². The van der Waals surface area contributed by atoms with Crippen LogP contribution in [0.4, 0.5) is 0 Å². The minimum Gasteiger partial charge on any atom is -0.393 e. The summed E-state index contributed by atoms with van der Waals surface area (Å²) in [5.41, 5.74) is 1.06. The van der Waals surface area contributed by atoms with E-state index >= 15 is 0 Å². The molecule has 7 unspecified atom stereocenters. The molecule has 5 saturated carbocycles. The van der Waals surface area contributed by atoms with Crippen molar-refractivity contribution in [3.8, 4) is 0 Å². The summed E-state index contributed by atoms with van der Waals surface area (Å²) in [6.07, 6.45) is 9.76. The highest BCUT2D eigenvalue weighted by atomic mass is 16.3. The molecule has 136 valence electrons. The van der Waals surface area contributed by atoms with Crippen molar-refractivity contribution in [3.63, 3.8) is 0 Å². The molecule has 1 aliphatic heterocycles. The van der Waals surface area contributed by atoms with Crippen LogP contribution in [-0.4, -0.2) is 35.7 Å². The molecule has 6 fully saturated rings. The standard InChI is InChI=1S/C22H37NO/c1-21(2)17-4-6-22(21,3)13-23(12-17)7-5-18-15-8-14-9-16(11-15)20(24)19(18)10-14/h14-20,24H,4-13H2,1-3H3/t14?,15?,16?,17?,18?,19?,20?,22-/m0/s1. The van der Waals surface area contributed by atoms with Crippen LogP contribution in [0.1, 0.15) is 65.7 Å². The predicted octanol–water partition coefficient (Wildman–Crippen LogP) is 4.18. The normalized spacial score (nSPS) is 55.2. The molecule has 6 aliphatic rings. The van der Waals surface area contributed by atoms with Crippen molar-refractivity contribution in [1.29, 1.82) is 0 Å². The van der Waals surface area contributed by atoms with E-state index in [9.17, 15) is 5.11 Å². The van der Waals surface area contributed by atoms with Gasteiger partial charge in [-0.05, 0) is 97.8 Å². The maximum Gasteiger partial charge on any atom is 0.0599 e. The smallest absolute Gasteiger partial charge is 0.0599 e. The molecule has 0 aromatic carbocycles. The molecule has 0 amide bonds. The highest BCUT2D eigenvalue weighted by Crippen LogP contribution is 2.60. The summed E-state index contributed by atoms with van der Waals surface area (Å²) in [5.74, 6) is 4.95. The molecule has 0 spiro atoms. The summed E-state index contributed by atoms with van der Waals surface area (Å²) in [7, 11) is 0. The van der Waals surface area contributed by atoms with Crippen LogP contribution in [0, 0.1) is 46.3 Å². The van der Waals surface area contributed by atoms with E-state index in [0.717, 1.165) is 23.7 Å². The first-order valence-corrected chi connectivity index (χ1v) is 10.8. The van der Waals surface area contributed by atoms with E-state index < -0.39 is 0 Å². The summed E-state index contributed by atoms with van der Waals surface area (Å²) < 4.78 is 0. The zero-order valence-corrected chi connectivity index (χ0v) is 16.0. The average molecular weight is 332 g/mol. The van der Waals surface area contributed by atoms with Crippen molar-refractivity contribution in [2.75, 3.05) is 19.6 Å². The van der Waals surface area contributed by atoms with Crippen LogP contribution in [0.5, 0.6) is 0 Å². The fourth-order valence-electron chi connectivity index (χ4n) is 8.10. The molecular weight excluding hydrogens is 294 g/mol. The maximum absolute atomic E-state index is 10.7. The van der Waals surface area contributed by atoms with Crippen molar-refractivity contribution in [1.82, 2.24) is 4.90 Å². The quantitative estimate of drug-likeness (QED) is 0.839. The zero-order valence-electron chi connectivity index (χ0n) is 16.0. The van der Waals surface area contributed by atoms with Crippen molar-refractivity contribution in [2.45, 2.75) is 71.8 Å². The van der Waals surface area contributed by atoms with Crippen molar-refractivity contribution < 1.29 is 5.11 Å². The van der Waals surface area contributed by atoms with Gasteiger partial charge in [0.1, 0.15) is 0 Å². The zero-order chi connectivity index (χ0) is 16.7. The number of likely N-dealkylation sites (tertiary alicyclic amines) is 1. The molecule has 6 rings (SSSR count). The minimum absolute atomic E-state index is 0.0387. The van der Waals surface area contributed by atoms with Gasteiger partial charge in [0, 0.05) is 13.1 Å². The third kappa shape index (κ3) is 2.14. The van der Waals surface area contributed by atoms with Crippen molar-refractivity contribution in [3.05, 3.63) is 0 Å². The van der Waals surface area contributed by atoms with E-state index in [1.54, 1.807) is 0 Å². The third-order valence-corrected chi connectivity index (χ3v) is 10.0. The molecule has 1 N–H and O–H groups in total. The Morgan fingerprint density at radius 3 is 2.62 bits per heavy atom. The summed E-state index contributed by atoms with van der Waals surface area (Å²) in [5, 5.41) is 10.7. The molecule has 2 heteroatoms. The lowest BCUT2D eigenvalue weighted by atomic mass is 9.50. The molecule has 1 saturated heterocycles. The Balaban J connectivity index is 1.25. The van der Waals surface area contributed by atoms with E-state index in [1.165, 1.54) is 64.6 Å². The van der Waals surface area contributed by atoms with Gasteiger partial charge in [-0.3, -0.25) is 0 Å². The lowest BCUT2D eigenvalue weighted by Crippen LogP contribution is -2.55. The summed E-state index contributed by atoms with van der Waals surface area (Å²) >= 11 is 0. The fourth-order valence-corrected chi connectivity index (χ4v) is 8.10. The van der Waals surface area contributed by atoms with Crippen LogP contribution in [0.15, 0.2) is 0 Å². The van der Waals surface area contributed by atoms with Gasteiger partial charge in [-0.2, -0.15) is 0 Å². The predicted molar refractivity (Wildman–Crippen MR) is 97.6 cm³/mol. The second kappa shape index (κ2) is 5.22. The van der Waals surface area contributed by atoms with E-state index in [-0.39, 0.29) is 6.10 Å². The molecule has 24 heavy (non-hydrogen) atoms. The van der Waals surface area contributed by atoms with Crippen LogP contribution in [0.3, 0.4) is 0 Å². The van der Waals surface area contributed by atoms with Crippen LogP contribution in [-0.2, 0) is 0 Å². The number of piperidine rings is 1. The van der Waals surface area contributed by atoms with Crippen LogP contribution in [0.2, 0.25) is 0 Å². The van der Waals surface area contributed by atoms with E-state index in [2.05, 4.69) is 25.7 Å². The lowest BCUT2D eigenvalue weighted by Gasteiger charge is -2.57. The Morgan fingerprint density at radius 1 is 1.04 bits per heavy atom. The third-order valence-electron chi connectivity index (χ3n) is 10.0. The van der Waals surface area contributed by atoms with Gasteiger partial charge in [0.2, 0.25) is 0 Å². The lowest BCUT2D eigenvalue weighted by molar-refractivity contribution is -0.133. The first kappa shape index (κ1) is 16.1. The van der Waals surface area contributed by atoms with Gasteiger partial charge >= 0.3 is 0 Å². The van der Waals surface area contributed by atoms with E-state index in [4.69, 9.17) is 0 Å². The molecule has 8 atom stereocenters. The number of aliphatic hydroxyl groups excluding tert-OH is 1. The summed E-state index contributed by atoms with van der Waals surface area (Å²) in [4.78, 5) is 2.81. The SMILES string of the molecule is CC1(C)C2CC[C@@]1(C)CN(CCC1C3CC4CC(C3)C(O)C1C4)C2. The highest BCUT2D eigenvalue weighted by molar-refractivity contribution is 5.07. The largest absolute Gasteiger partial charge is 0.393 e. The van der Waals surface area contributed by atoms with Crippen LogP contribution in [0.25, 0.3) is 0 Å².